The summed E-state index contributed by atoms with van der Waals surface area (Å²) < 4.78 is 83.6. The van der Waals surface area contributed by atoms with Crippen molar-refractivity contribution in [1.29, 1.82) is 5.26 Å². The molecular weight excluding hydrogens is 576 g/mol. The number of hydrogen-bond donors (Lipinski definition) is 1. The topological polar surface area (TPSA) is 121 Å². The quantitative estimate of drug-likeness (QED) is 0.260. The van der Waals surface area contributed by atoms with E-state index in [1.165, 1.54) is 21.8 Å². The molecule has 9 nitrogen and oxygen atoms in total. The number of sulfone groups is 1. The summed E-state index contributed by atoms with van der Waals surface area (Å²) in [5, 5.41) is 15.2. The summed E-state index contributed by atoms with van der Waals surface area (Å²) in [6.45, 7) is 1.30. The minimum absolute atomic E-state index is 0.138. The van der Waals surface area contributed by atoms with E-state index in [9.17, 15) is 36.0 Å². The van der Waals surface area contributed by atoms with Crippen molar-refractivity contribution in [3.8, 4) is 11.8 Å². The molecule has 1 amide bonds. The Bertz CT molecular complexity index is 1650. The molecule has 1 saturated carbocycles. The molecule has 0 spiro atoms. The van der Waals surface area contributed by atoms with Crippen molar-refractivity contribution in [2.75, 3.05) is 11.4 Å². The van der Waals surface area contributed by atoms with Gasteiger partial charge in [0.25, 0.3) is 0 Å². The number of benzene rings is 1. The van der Waals surface area contributed by atoms with E-state index >= 15 is 0 Å². The fourth-order valence-corrected chi connectivity index (χ4v) is 6.85. The normalized spacial score (nSPS) is 20.3. The number of nitrogens with zero attached hydrogens (tertiary/aromatic N) is 5. The maximum Gasteiger partial charge on any atom is 0.417 e. The van der Waals surface area contributed by atoms with Crippen LogP contribution in [0, 0.1) is 24.1 Å². The highest BCUT2D eigenvalue weighted by Crippen LogP contribution is 2.40. The predicted molar refractivity (Wildman–Crippen MR) is 135 cm³/mol. The highest BCUT2D eigenvalue weighted by atomic mass is 35.5. The number of nitriles is 1. The van der Waals surface area contributed by atoms with Gasteiger partial charge in [0.1, 0.15) is 28.4 Å². The van der Waals surface area contributed by atoms with Gasteiger partial charge in [-0.2, -0.15) is 23.5 Å². The second-order valence-electron chi connectivity index (χ2n) is 9.78. The molecule has 2 atom stereocenters. The molecule has 1 N–H and O–H groups in total. The second-order valence-corrected chi connectivity index (χ2v) is 12.4. The summed E-state index contributed by atoms with van der Waals surface area (Å²) in [5.41, 5.74) is -1.75. The molecule has 2 aromatic heterocycles. The van der Waals surface area contributed by atoms with Gasteiger partial charge in [-0.1, -0.05) is 11.6 Å². The number of aryl methyl sites for hydroxylation is 1. The largest absolute Gasteiger partial charge is 0.417 e. The summed E-state index contributed by atoms with van der Waals surface area (Å²) in [5.74, 6) is -1.60. The Morgan fingerprint density at radius 3 is 2.58 bits per heavy atom. The zero-order valence-corrected chi connectivity index (χ0v) is 22.4. The Morgan fingerprint density at radius 1 is 1.23 bits per heavy atom. The van der Waals surface area contributed by atoms with Crippen LogP contribution < -0.4 is 10.2 Å². The SMILES string of the molecule is Cc1cc(N2C[C@H](S(=O)(=O)c3ccc(F)cc3C(F)(F)F)C[C@H]2C(=O)NC2(C#N)CC2)n(-c2ccnc(Cl)c2)n1. The number of anilines is 1. The van der Waals surface area contributed by atoms with Crippen molar-refractivity contribution < 1.29 is 30.8 Å². The van der Waals surface area contributed by atoms with E-state index in [0.29, 0.717) is 36.4 Å². The fraction of sp³-hybridized carbons (Fsp3) is 0.360. The minimum Gasteiger partial charge on any atom is -0.343 e. The van der Waals surface area contributed by atoms with Gasteiger partial charge < -0.3 is 10.2 Å². The molecule has 40 heavy (non-hydrogen) atoms. The predicted octanol–water partition coefficient (Wildman–Crippen LogP) is 3.98. The lowest BCUT2D eigenvalue weighted by Gasteiger charge is -2.27. The third-order valence-electron chi connectivity index (χ3n) is 6.95. The zero-order chi connectivity index (χ0) is 29.0. The van der Waals surface area contributed by atoms with Crippen LogP contribution in [0.5, 0.6) is 0 Å². The maximum atomic E-state index is 13.7. The first-order valence-electron chi connectivity index (χ1n) is 12.0. The van der Waals surface area contributed by atoms with E-state index in [-0.39, 0.29) is 30.0 Å². The molecule has 0 radical (unpaired) electrons. The van der Waals surface area contributed by atoms with Crippen LogP contribution in [0.25, 0.3) is 5.69 Å². The van der Waals surface area contributed by atoms with Gasteiger partial charge in [0, 0.05) is 24.9 Å². The lowest BCUT2D eigenvalue weighted by atomic mass is 10.1. The number of carbonyl (C=O) groups is 1. The molecule has 1 aliphatic carbocycles. The monoisotopic (exact) mass is 596 g/mol. The van der Waals surface area contributed by atoms with E-state index < -0.39 is 55.0 Å². The van der Waals surface area contributed by atoms with Gasteiger partial charge in [-0.25, -0.2) is 22.5 Å². The first-order chi connectivity index (χ1) is 18.7. The Balaban J connectivity index is 1.59. The van der Waals surface area contributed by atoms with E-state index in [4.69, 9.17) is 11.6 Å². The Hall–Kier alpha value is -3.70. The smallest absolute Gasteiger partial charge is 0.343 e. The molecule has 2 aliphatic rings. The first kappa shape index (κ1) is 27.9. The molecule has 3 heterocycles. The van der Waals surface area contributed by atoms with Crippen molar-refractivity contribution in [2.24, 2.45) is 0 Å². The highest BCUT2D eigenvalue weighted by Gasteiger charge is 2.51. The van der Waals surface area contributed by atoms with Crippen LogP contribution in [0.15, 0.2) is 47.5 Å². The lowest BCUT2D eigenvalue weighted by molar-refractivity contribution is -0.140. The standard InChI is InChI=1S/C25H21ClF4N6O3S/c1-14-8-22(36(34-14)16-4-7-32-21(26)10-16)35-12-17(11-19(35)23(37)33-24(13-31)5-6-24)40(38,39)20-3-2-15(27)9-18(20)25(28,29)30/h2-4,7-10,17,19H,5-6,11-12H2,1H3,(H,33,37)/t17-,19+/m1/s1. The van der Waals surface area contributed by atoms with Crippen LogP contribution in [-0.2, 0) is 20.8 Å². The number of halogens is 5. The summed E-state index contributed by atoms with van der Waals surface area (Å²) in [4.78, 5) is 17.7. The van der Waals surface area contributed by atoms with Gasteiger partial charge in [-0.05, 0) is 50.5 Å². The molecule has 1 saturated heterocycles. The zero-order valence-electron chi connectivity index (χ0n) is 20.8. The van der Waals surface area contributed by atoms with E-state index in [0.717, 1.165) is 0 Å². The molecule has 1 aliphatic heterocycles. The molecule has 0 unspecified atom stereocenters. The second kappa shape index (κ2) is 9.74. The molecule has 1 aromatic carbocycles. The number of alkyl halides is 3. The fourth-order valence-electron chi connectivity index (χ4n) is 4.79. The molecule has 5 rings (SSSR count). The molecule has 3 aromatic rings. The number of rotatable bonds is 6. The van der Waals surface area contributed by atoms with Crippen LogP contribution in [0.2, 0.25) is 5.15 Å². The number of hydrogen-bond acceptors (Lipinski definition) is 7. The van der Waals surface area contributed by atoms with E-state index in [1.54, 1.807) is 19.1 Å². The van der Waals surface area contributed by atoms with Crippen LogP contribution >= 0.6 is 11.6 Å². The molecule has 2 fully saturated rings. The summed E-state index contributed by atoms with van der Waals surface area (Å²) in [6, 6.07) is 6.92. The van der Waals surface area contributed by atoms with Crippen LogP contribution in [0.4, 0.5) is 23.4 Å². The van der Waals surface area contributed by atoms with Gasteiger partial charge in [0.15, 0.2) is 9.84 Å². The van der Waals surface area contributed by atoms with Gasteiger partial charge in [0.2, 0.25) is 5.91 Å². The number of nitrogens with one attached hydrogen (secondary N) is 1. The Labute approximate surface area is 231 Å². The van der Waals surface area contributed by atoms with Gasteiger partial charge in [-0.3, -0.25) is 4.79 Å². The summed E-state index contributed by atoms with van der Waals surface area (Å²) in [6.07, 6.45) is -3.26. The minimum atomic E-state index is -5.14. The first-order valence-corrected chi connectivity index (χ1v) is 14.0. The van der Waals surface area contributed by atoms with Crippen molar-refractivity contribution in [3.63, 3.8) is 0 Å². The van der Waals surface area contributed by atoms with Crippen LogP contribution in [-0.4, -0.2) is 52.5 Å². The van der Waals surface area contributed by atoms with Crippen molar-refractivity contribution in [2.45, 2.75) is 54.1 Å². The maximum absolute atomic E-state index is 13.7. The Kier molecular flexibility index (Phi) is 6.78. The van der Waals surface area contributed by atoms with Crippen molar-refractivity contribution in [1.82, 2.24) is 20.1 Å². The summed E-state index contributed by atoms with van der Waals surface area (Å²) >= 11 is 6.04. The van der Waals surface area contributed by atoms with E-state index in [1.807, 2.05) is 6.07 Å². The highest BCUT2D eigenvalue weighted by molar-refractivity contribution is 7.92. The third kappa shape index (κ3) is 5.11. The van der Waals surface area contributed by atoms with E-state index in [2.05, 4.69) is 15.4 Å². The van der Waals surface area contributed by atoms with Crippen molar-refractivity contribution in [3.05, 3.63) is 64.8 Å². The van der Waals surface area contributed by atoms with Crippen LogP contribution in [0.3, 0.4) is 0 Å². The molecule has 15 heteroatoms. The van der Waals surface area contributed by atoms with Gasteiger partial charge in [0.05, 0.1) is 33.2 Å². The molecule has 0 bridgehead atoms. The van der Waals surface area contributed by atoms with Gasteiger partial charge >= 0.3 is 6.18 Å². The van der Waals surface area contributed by atoms with Gasteiger partial charge in [-0.15, -0.1) is 0 Å². The Morgan fingerprint density at radius 2 is 1.95 bits per heavy atom. The third-order valence-corrected chi connectivity index (χ3v) is 9.34. The lowest BCUT2D eigenvalue weighted by Crippen LogP contribution is -2.48. The number of amides is 1. The molecule has 210 valence electrons. The number of aromatic nitrogens is 3. The molecular formula is C25H21ClF4N6O3S. The van der Waals surface area contributed by atoms with Crippen molar-refractivity contribution >= 4 is 33.2 Å². The number of pyridine rings is 1. The number of carbonyl (C=O) groups excluding carboxylic acids is 1. The average Bonchev–Trinajstić information content (AvgIpc) is 3.32. The van der Waals surface area contributed by atoms with Crippen LogP contribution in [0.1, 0.15) is 30.5 Å². The summed E-state index contributed by atoms with van der Waals surface area (Å²) in [7, 11) is -4.72. The average molecular weight is 597 g/mol.